The quantitative estimate of drug-likeness (QED) is 0.903. The van der Waals surface area contributed by atoms with Crippen molar-refractivity contribution in [3.8, 4) is 5.88 Å². The minimum absolute atomic E-state index is 0.0124. The minimum Gasteiger partial charge on any atom is -0.478 e. The second kappa shape index (κ2) is 6.28. The number of anilines is 1. The van der Waals surface area contributed by atoms with Gasteiger partial charge in [0.2, 0.25) is 5.82 Å². The Labute approximate surface area is 138 Å². The number of halogens is 2. The predicted octanol–water partition coefficient (Wildman–Crippen LogP) is 3.21. The van der Waals surface area contributed by atoms with Crippen LogP contribution in [0.15, 0.2) is 23.1 Å². The van der Waals surface area contributed by atoms with Gasteiger partial charge in [-0.3, -0.25) is 4.72 Å². The number of hydrogen-bond donors (Lipinski definition) is 1. The molecule has 0 atom stereocenters. The van der Waals surface area contributed by atoms with Crippen LogP contribution in [-0.2, 0) is 10.0 Å². The summed E-state index contributed by atoms with van der Waals surface area (Å²) in [7, 11) is -2.60. The van der Waals surface area contributed by atoms with Gasteiger partial charge in [0.15, 0.2) is 0 Å². The normalized spacial score (nSPS) is 11.3. The molecule has 0 unspecified atom stereocenters. The van der Waals surface area contributed by atoms with Crippen molar-refractivity contribution in [2.75, 3.05) is 11.8 Å². The number of methoxy groups -OCH3 is 1. The van der Waals surface area contributed by atoms with Gasteiger partial charge in [0.25, 0.3) is 15.9 Å². The highest BCUT2D eigenvalue weighted by molar-refractivity contribution is 7.92. The highest BCUT2D eigenvalue weighted by Crippen LogP contribution is 2.31. The number of aryl methyl sites for hydroxylation is 2. The average molecular weight is 362 g/mol. The molecular weight excluding hydrogens is 349 g/mol. The van der Waals surface area contributed by atoms with Gasteiger partial charge in [-0.25, -0.2) is 18.4 Å². The highest BCUT2D eigenvalue weighted by Gasteiger charge is 2.22. The van der Waals surface area contributed by atoms with Gasteiger partial charge in [-0.1, -0.05) is 29.3 Å². The summed E-state index contributed by atoms with van der Waals surface area (Å²) >= 11 is 11.8. The fourth-order valence-electron chi connectivity index (χ4n) is 1.67. The summed E-state index contributed by atoms with van der Waals surface area (Å²) < 4.78 is 32.3. The number of ether oxygens (including phenoxy) is 1. The van der Waals surface area contributed by atoms with Crippen LogP contribution in [0, 0.1) is 13.8 Å². The lowest BCUT2D eigenvalue weighted by Crippen LogP contribution is -2.16. The third kappa shape index (κ3) is 3.26. The molecule has 1 aromatic carbocycles. The van der Waals surface area contributed by atoms with E-state index < -0.39 is 10.0 Å². The summed E-state index contributed by atoms with van der Waals surface area (Å²) in [6, 6.07) is 4.34. The Morgan fingerprint density at radius 1 is 1.14 bits per heavy atom. The molecule has 6 nitrogen and oxygen atoms in total. The van der Waals surface area contributed by atoms with E-state index in [0.29, 0.717) is 11.4 Å². The highest BCUT2D eigenvalue weighted by atomic mass is 35.5. The first-order valence-corrected chi connectivity index (χ1v) is 8.36. The molecule has 0 saturated carbocycles. The van der Waals surface area contributed by atoms with Crippen molar-refractivity contribution in [3.05, 3.63) is 39.6 Å². The minimum atomic E-state index is -3.98. The molecule has 0 aliphatic rings. The third-order valence-corrected chi connectivity index (χ3v) is 5.22. The lowest BCUT2D eigenvalue weighted by atomic mass is 10.3. The van der Waals surface area contributed by atoms with Gasteiger partial charge in [0.05, 0.1) is 28.5 Å². The fourth-order valence-corrected chi connectivity index (χ4v) is 3.43. The van der Waals surface area contributed by atoms with Crippen LogP contribution in [-0.4, -0.2) is 25.5 Å². The van der Waals surface area contributed by atoms with Gasteiger partial charge in [0, 0.05) is 0 Å². The zero-order valence-electron chi connectivity index (χ0n) is 12.0. The van der Waals surface area contributed by atoms with E-state index >= 15 is 0 Å². The average Bonchev–Trinajstić information content (AvgIpc) is 2.45. The van der Waals surface area contributed by atoms with Crippen LogP contribution in [0.4, 0.5) is 5.82 Å². The Hall–Kier alpha value is -1.57. The fraction of sp³-hybridized carbons (Fsp3) is 0.231. The van der Waals surface area contributed by atoms with E-state index in [1.54, 1.807) is 13.8 Å². The van der Waals surface area contributed by atoms with Gasteiger partial charge >= 0.3 is 0 Å². The molecule has 0 aliphatic heterocycles. The zero-order chi connectivity index (χ0) is 16.5. The number of hydrogen-bond acceptors (Lipinski definition) is 5. The second-order valence-electron chi connectivity index (χ2n) is 4.41. The standard InChI is InChI=1S/C13H13Cl2N3O3S/c1-7-8(2)17-13(21-3)12(16-7)18-22(19,20)10-6-4-5-9(14)11(10)15/h4-6H,1-3H3,(H,16,18). The molecule has 2 aromatic rings. The van der Waals surface area contributed by atoms with Crippen LogP contribution in [0.2, 0.25) is 10.0 Å². The van der Waals surface area contributed by atoms with Gasteiger partial charge in [-0.05, 0) is 26.0 Å². The maximum absolute atomic E-state index is 12.5. The maximum atomic E-state index is 12.5. The van der Waals surface area contributed by atoms with Gasteiger partial charge < -0.3 is 4.74 Å². The predicted molar refractivity (Wildman–Crippen MR) is 85.3 cm³/mol. The SMILES string of the molecule is COc1nc(C)c(C)nc1NS(=O)(=O)c1cccc(Cl)c1Cl. The van der Waals surface area contributed by atoms with E-state index in [0.717, 1.165) is 0 Å². The first-order valence-electron chi connectivity index (χ1n) is 6.12. The van der Waals surface area contributed by atoms with Crippen molar-refractivity contribution in [3.63, 3.8) is 0 Å². The monoisotopic (exact) mass is 361 g/mol. The molecule has 0 saturated heterocycles. The van der Waals surface area contributed by atoms with Crippen molar-refractivity contribution in [2.45, 2.75) is 18.7 Å². The molecule has 22 heavy (non-hydrogen) atoms. The summed E-state index contributed by atoms with van der Waals surface area (Å²) in [5, 5.41) is 0.0788. The van der Waals surface area contributed by atoms with Crippen LogP contribution in [0.3, 0.4) is 0 Å². The third-order valence-electron chi connectivity index (χ3n) is 2.91. The molecule has 9 heteroatoms. The Kier molecular flexibility index (Phi) is 4.79. The Balaban J connectivity index is 2.50. The molecule has 1 N–H and O–H groups in total. The van der Waals surface area contributed by atoms with Gasteiger partial charge in [-0.2, -0.15) is 0 Å². The number of nitrogens with zero attached hydrogens (tertiary/aromatic N) is 2. The lowest BCUT2D eigenvalue weighted by Gasteiger charge is -2.13. The second-order valence-corrected chi connectivity index (χ2v) is 6.85. The van der Waals surface area contributed by atoms with Crippen molar-refractivity contribution >= 4 is 39.0 Å². The number of benzene rings is 1. The molecule has 0 radical (unpaired) electrons. The van der Waals surface area contributed by atoms with E-state index in [9.17, 15) is 8.42 Å². The van der Waals surface area contributed by atoms with Crippen LogP contribution < -0.4 is 9.46 Å². The zero-order valence-corrected chi connectivity index (χ0v) is 14.3. The summed E-state index contributed by atoms with van der Waals surface area (Å²) in [6.45, 7) is 3.46. The first kappa shape index (κ1) is 16.8. The Morgan fingerprint density at radius 3 is 2.41 bits per heavy atom. The number of nitrogens with one attached hydrogen (secondary N) is 1. The molecule has 0 fully saturated rings. The Bertz CT molecular complexity index is 826. The van der Waals surface area contributed by atoms with Gasteiger partial charge in [-0.15, -0.1) is 0 Å². The number of aromatic nitrogens is 2. The van der Waals surface area contributed by atoms with E-state index in [2.05, 4.69) is 14.7 Å². The van der Waals surface area contributed by atoms with E-state index in [4.69, 9.17) is 27.9 Å². The number of sulfonamides is 1. The summed E-state index contributed by atoms with van der Waals surface area (Å²) in [4.78, 5) is 8.14. The summed E-state index contributed by atoms with van der Waals surface area (Å²) in [5.74, 6) is 0.0615. The summed E-state index contributed by atoms with van der Waals surface area (Å²) in [5.41, 5.74) is 1.22. The largest absolute Gasteiger partial charge is 0.478 e. The topological polar surface area (TPSA) is 81.2 Å². The van der Waals surface area contributed by atoms with Crippen molar-refractivity contribution < 1.29 is 13.2 Å². The lowest BCUT2D eigenvalue weighted by molar-refractivity contribution is 0.397. The van der Waals surface area contributed by atoms with Crippen LogP contribution in [0.5, 0.6) is 5.88 Å². The van der Waals surface area contributed by atoms with Crippen LogP contribution >= 0.6 is 23.2 Å². The molecule has 0 aliphatic carbocycles. The smallest absolute Gasteiger partial charge is 0.264 e. The van der Waals surface area contributed by atoms with E-state index in [1.807, 2.05) is 0 Å². The van der Waals surface area contributed by atoms with Crippen LogP contribution in [0.25, 0.3) is 0 Å². The molecule has 1 heterocycles. The molecular formula is C13H13Cl2N3O3S. The van der Waals surface area contributed by atoms with E-state index in [-0.39, 0.29) is 26.6 Å². The molecule has 0 bridgehead atoms. The maximum Gasteiger partial charge on any atom is 0.264 e. The molecule has 0 spiro atoms. The molecule has 2 rings (SSSR count). The molecule has 118 valence electrons. The number of rotatable bonds is 4. The van der Waals surface area contributed by atoms with Crippen molar-refractivity contribution in [1.29, 1.82) is 0 Å². The molecule has 0 amide bonds. The van der Waals surface area contributed by atoms with Crippen LogP contribution in [0.1, 0.15) is 11.4 Å². The molecule has 1 aromatic heterocycles. The Morgan fingerprint density at radius 2 is 1.77 bits per heavy atom. The first-order chi connectivity index (χ1) is 10.3. The van der Waals surface area contributed by atoms with Gasteiger partial charge in [0.1, 0.15) is 4.90 Å². The van der Waals surface area contributed by atoms with Crippen molar-refractivity contribution in [2.24, 2.45) is 0 Å². The van der Waals surface area contributed by atoms with E-state index in [1.165, 1.54) is 25.3 Å². The summed E-state index contributed by atoms with van der Waals surface area (Å²) in [6.07, 6.45) is 0. The van der Waals surface area contributed by atoms with Crippen molar-refractivity contribution in [1.82, 2.24) is 9.97 Å².